The molecule has 8 heteroatoms. The Balaban J connectivity index is 1.80. The number of aromatic nitrogens is 1. The lowest BCUT2D eigenvalue weighted by Crippen LogP contribution is -2.61. The molecule has 1 unspecified atom stereocenters. The van der Waals surface area contributed by atoms with Gasteiger partial charge in [-0.2, -0.15) is 4.31 Å². The lowest BCUT2D eigenvalue weighted by Gasteiger charge is -2.42. The molecule has 0 bridgehead atoms. The molecule has 1 amide bonds. The first-order chi connectivity index (χ1) is 12.4. The maximum Gasteiger partial charge on any atom is 0.246 e. The van der Waals surface area contributed by atoms with Crippen LogP contribution in [0.4, 0.5) is 0 Å². The molecule has 1 aromatic carbocycles. The van der Waals surface area contributed by atoms with Crippen molar-refractivity contribution in [3.63, 3.8) is 0 Å². The van der Waals surface area contributed by atoms with Gasteiger partial charge in [0, 0.05) is 24.7 Å². The van der Waals surface area contributed by atoms with Crippen LogP contribution in [0.1, 0.15) is 11.1 Å². The van der Waals surface area contributed by atoms with Gasteiger partial charge in [0.05, 0.1) is 31.3 Å². The Labute approximate surface area is 152 Å². The van der Waals surface area contributed by atoms with E-state index in [1.807, 2.05) is 19.1 Å². The van der Waals surface area contributed by atoms with Crippen molar-refractivity contribution in [2.75, 3.05) is 32.8 Å². The van der Waals surface area contributed by atoms with Crippen LogP contribution in [0.15, 0.2) is 29.3 Å². The van der Waals surface area contributed by atoms with Gasteiger partial charge in [-0.15, -0.1) is 0 Å². The van der Waals surface area contributed by atoms with Gasteiger partial charge in [-0.25, -0.2) is 8.42 Å². The summed E-state index contributed by atoms with van der Waals surface area (Å²) in [5.74, 6) is -0.171. The number of amides is 1. The van der Waals surface area contributed by atoms with Gasteiger partial charge in [0.25, 0.3) is 0 Å². The van der Waals surface area contributed by atoms with E-state index < -0.39 is 10.0 Å². The van der Waals surface area contributed by atoms with Crippen LogP contribution in [-0.2, 0) is 19.6 Å². The molecule has 1 atom stereocenters. The zero-order valence-electron chi connectivity index (χ0n) is 14.8. The summed E-state index contributed by atoms with van der Waals surface area (Å²) in [6.07, 6.45) is 1.60. The minimum absolute atomic E-state index is 0.138. The van der Waals surface area contributed by atoms with Crippen molar-refractivity contribution in [1.29, 1.82) is 0 Å². The average Bonchev–Trinajstić information content (AvgIpc) is 2.61. The molecule has 4 rings (SSSR count). The van der Waals surface area contributed by atoms with Gasteiger partial charge in [0.15, 0.2) is 0 Å². The largest absolute Gasteiger partial charge is 0.377 e. The van der Waals surface area contributed by atoms with Crippen LogP contribution in [-0.4, -0.2) is 67.4 Å². The Hall–Kier alpha value is -2.03. The number of aryl methyl sites for hydroxylation is 2. The first-order valence-electron chi connectivity index (χ1n) is 8.62. The minimum atomic E-state index is -3.85. The van der Waals surface area contributed by atoms with Gasteiger partial charge < -0.3 is 9.64 Å². The van der Waals surface area contributed by atoms with Crippen LogP contribution in [0.5, 0.6) is 0 Å². The Morgan fingerprint density at radius 2 is 2.08 bits per heavy atom. The third-order valence-corrected chi connectivity index (χ3v) is 7.10. The van der Waals surface area contributed by atoms with Crippen LogP contribution < -0.4 is 0 Å². The molecule has 2 fully saturated rings. The number of ether oxygens (including phenoxy) is 1. The predicted octanol–water partition coefficient (Wildman–Crippen LogP) is 1.08. The third-order valence-electron chi connectivity index (χ3n) is 5.11. The molecule has 2 saturated heterocycles. The second-order valence-corrected chi connectivity index (χ2v) is 8.73. The van der Waals surface area contributed by atoms with E-state index >= 15 is 0 Å². The standard InChI is InChI=1S/C18H21N3O4S/c1-12-8-13(2)18(17-15(12)4-3-5-19-17)26(23,24)20-9-14-11-25-7-6-21(14)16(22)10-20/h3-5,8,14H,6-7,9-11H2,1-2H3. The number of hydrogen-bond donors (Lipinski definition) is 0. The second kappa shape index (κ2) is 6.29. The van der Waals surface area contributed by atoms with Crippen LogP contribution in [0.3, 0.4) is 0 Å². The number of sulfonamides is 1. The van der Waals surface area contributed by atoms with E-state index in [0.29, 0.717) is 30.8 Å². The lowest BCUT2D eigenvalue weighted by molar-refractivity contribution is -0.145. The van der Waals surface area contributed by atoms with Crippen molar-refractivity contribution < 1.29 is 17.9 Å². The van der Waals surface area contributed by atoms with Crippen LogP contribution in [0.25, 0.3) is 10.9 Å². The molecule has 0 N–H and O–H groups in total. The number of hydrogen-bond acceptors (Lipinski definition) is 5. The molecule has 7 nitrogen and oxygen atoms in total. The van der Waals surface area contributed by atoms with Crippen LogP contribution in [0, 0.1) is 13.8 Å². The molecule has 0 spiro atoms. The molecule has 26 heavy (non-hydrogen) atoms. The van der Waals surface area contributed by atoms with Gasteiger partial charge in [0.1, 0.15) is 4.90 Å². The van der Waals surface area contributed by atoms with E-state index in [9.17, 15) is 13.2 Å². The molecule has 2 aliphatic rings. The summed E-state index contributed by atoms with van der Waals surface area (Å²) < 4.78 is 33.6. The number of carbonyl (C=O) groups is 1. The molecule has 0 aliphatic carbocycles. The molecule has 0 saturated carbocycles. The fraction of sp³-hybridized carbons (Fsp3) is 0.444. The quantitative estimate of drug-likeness (QED) is 0.785. The number of nitrogens with zero attached hydrogens (tertiary/aromatic N) is 3. The predicted molar refractivity (Wildman–Crippen MR) is 96.3 cm³/mol. The highest BCUT2D eigenvalue weighted by Gasteiger charge is 2.41. The molecule has 0 radical (unpaired) electrons. The van der Waals surface area contributed by atoms with Gasteiger partial charge in [-0.05, 0) is 31.0 Å². The average molecular weight is 375 g/mol. The summed E-state index contributed by atoms with van der Waals surface area (Å²) in [5.41, 5.74) is 2.08. The monoisotopic (exact) mass is 375 g/mol. The number of benzene rings is 1. The SMILES string of the molecule is Cc1cc(C)c2cccnc2c1S(=O)(=O)N1CC(=O)N2CCOCC2C1. The maximum atomic E-state index is 13.4. The molecule has 3 heterocycles. The number of fused-ring (bicyclic) bond motifs is 2. The first kappa shape index (κ1) is 17.4. The van der Waals surface area contributed by atoms with Gasteiger partial charge >= 0.3 is 0 Å². The first-order valence-corrected chi connectivity index (χ1v) is 10.1. The van der Waals surface area contributed by atoms with E-state index in [0.717, 1.165) is 10.9 Å². The fourth-order valence-corrected chi connectivity index (χ4v) is 5.65. The van der Waals surface area contributed by atoms with E-state index in [1.165, 1.54) is 4.31 Å². The number of morpholine rings is 1. The van der Waals surface area contributed by atoms with Crippen molar-refractivity contribution >= 4 is 26.8 Å². The highest BCUT2D eigenvalue weighted by molar-refractivity contribution is 7.89. The summed E-state index contributed by atoms with van der Waals surface area (Å²) in [6.45, 7) is 5.21. The molecular formula is C18H21N3O4S. The Morgan fingerprint density at radius 1 is 1.27 bits per heavy atom. The summed E-state index contributed by atoms with van der Waals surface area (Å²) in [7, 11) is -3.85. The number of piperazine rings is 1. The van der Waals surface area contributed by atoms with Crippen LogP contribution in [0.2, 0.25) is 0 Å². The lowest BCUT2D eigenvalue weighted by atomic mass is 10.1. The topological polar surface area (TPSA) is 79.8 Å². The van der Waals surface area contributed by atoms with Gasteiger partial charge in [0.2, 0.25) is 15.9 Å². The molecule has 2 aromatic rings. The Bertz CT molecular complexity index is 989. The summed E-state index contributed by atoms with van der Waals surface area (Å²) in [6, 6.07) is 5.29. The molecule has 2 aliphatic heterocycles. The highest BCUT2D eigenvalue weighted by atomic mass is 32.2. The van der Waals surface area contributed by atoms with Crippen LogP contribution >= 0.6 is 0 Å². The van der Waals surface area contributed by atoms with Crippen molar-refractivity contribution in [1.82, 2.24) is 14.2 Å². The molecule has 138 valence electrons. The maximum absolute atomic E-state index is 13.4. The summed E-state index contributed by atoms with van der Waals surface area (Å²) in [5, 5.41) is 0.808. The second-order valence-electron chi connectivity index (χ2n) is 6.85. The van der Waals surface area contributed by atoms with E-state index in [4.69, 9.17) is 4.74 Å². The molecular weight excluding hydrogens is 354 g/mol. The number of pyridine rings is 1. The Morgan fingerprint density at radius 3 is 2.88 bits per heavy atom. The van der Waals surface area contributed by atoms with Crippen molar-refractivity contribution in [3.8, 4) is 0 Å². The minimum Gasteiger partial charge on any atom is -0.377 e. The van der Waals surface area contributed by atoms with E-state index in [1.54, 1.807) is 24.1 Å². The Kier molecular flexibility index (Phi) is 4.21. The van der Waals surface area contributed by atoms with E-state index in [2.05, 4.69) is 4.98 Å². The van der Waals surface area contributed by atoms with Crippen molar-refractivity contribution in [3.05, 3.63) is 35.5 Å². The smallest absolute Gasteiger partial charge is 0.246 e. The summed E-state index contributed by atoms with van der Waals surface area (Å²) in [4.78, 5) is 18.7. The van der Waals surface area contributed by atoms with Gasteiger partial charge in [-0.3, -0.25) is 9.78 Å². The zero-order valence-corrected chi connectivity index (χ0v) is 15.6. The third kappa shape index (κ3) is 2.69. The number of carbonyl (C=O) groups excluding carboxylic acids is 1. The number of rotatable bonds is 2. The fourth-order valence-electron chi connectivity index (χ4n) is 3.87. The highest BCUT2D eigenvalue weighted by Crippen LogP contribution is 2.31. The van der Waals surface area contributed by atoms with Crippen molar-refractivity contribution in [2.45, 2.75) is 24.8 Å². The normalized spacial score (nSPS) is 21.8. The summed E-state index contributed by atoms with van der Waals surface area (Å²) >= 11 is 0. The zero-order chi connectivity index (χ0) is 18.5. The van der Waals surface area contributed by atoms with Crippen molar-refractivity contribution in [2.24, 2.45) is 0 Å². The molecule has 1 aromatic heterocycles. The van der Waals surface area contributed by atoms with Gasteiger partial charge in [-0.1, -0.05) is 12.1 Å². The van der Waals surface area contributed by atoms with E-state index in [-0.39, 0.29) is 29.9 Å².